The van der Waals surface area contributed by atoms with Crippen LogP contribution in [0.5, 0.6) is 5.75 Å². The number of rotatable bonds is 6. The van der Waals surface area contributed by atoms with Crippen molar-refractivity contribution in [1.82, 2.24) is 4.90 Å². The number of ether oxygens (including phenoxy) is 1. The Hall–Kier alpha value is -3.82. The number of benzene rings is 2. The molecule has 0 saturated carbocycles. The third kappa shape index (κ3) is 4.58. The molecule has 0 aromatic heterocycles. The Morgan fingerprint density at radius 3 is 2.40 bits per heavy atom. The molecule has 1 amide bonds. The van der Waals surface area contributed by atoms with Gasteiger partial charge in [0.25, 0.3) is 5.91 Å². The molecule has 0 N–H and O–H groups in total. The van der Waals surface area contributed by atoms with E-state index >= 15 is 0 Å². The van der Waals surface area contributed by atoms with Gasteiger partial charge in [0.15, 0.2) is 0 Å². The molecule has 0 spiro atoms. The largest absolute Gasteiger partial charge is 0.489 e. The van der Waals surface area contributed by atoms with Crippen molar-refractivity contribution in [2.45, 2.75) is 6.61 Å². The average Bonchev–Trinajstić information content (AvgIpc) is 2.66. The lowest BCUT2D eigenvalue weighted by atomic mass is 10.1. The zero-order chi connectivity index (χ0) is 18.1. The van der Waals surface area contributed by atoms with Gasteiger partial charge in [-0.1, -0.05) is 24.3 Å². The number of amides is 1. The van der Waals surface area contributed by atoms with E-state index in [1.54, 1.807) is 42.5 Å². The second-order valence-electron chi connectivity index (χ2n) is 5.06. The van der Waals surface area contributed by atoms with Gasteiger partial charge in [0.1, 0.15) is 25.4 Å². The van der Waals surface area contributed by atoms with Crippen molar-refractivity contribution in [3.63, 3.8) is 0 Å². The monoisotopic (exact) mass is 330 g/mol. The van der Waals surface area contributed by atoms with E-state index in [4.69, 9.17) is 20.5 Å². The lowest BCUT2D eigenvalue weighted by molar-refractivity contribution is 0.0794. The zero-order valence-corrected chi connectivity index (χ0v) is 13.3. The Morgan fingerprint density at radius 1 is 1.00 bits per heavy atom. The highest BCUT2D eigenvalue weighted by Gasteiger charge is 2.15. The summed E-state index contributed by atoms with van der Waals surface area (Å²) in [6.45, 7) is -0.123. The number of nitriles is 3. The Morgan fingerprint density at radius 2 is 1.72 bits per heavy atom. The molecule has 0 atom stereocenters. The summed E-state index contributed by atoms with van der Waals surface area (Å²) in [7, 11) is 0. The first-order valence-electron chi connectivity index (χ1n) is 7.43. The molecule has 0 radical (unpaired) electrons. The second kappa shape index (κ2) is 8.72. The van der Waals surface area contributed by atoms with Crippen LogP contribution in [0.3, 0.4) is 0 Å². The van der Waals surface area contributed by atoms with Gasteiger partial charge in [-0.05, 0) is 24.3 Å². The average molecular weight is 330 g/mol. The van der Waals surface area contributed by atoms with Crippen LogP contribution in [0.4, 0.5) is 0 Å². The van der Waals surface area contributed by atoms with Gasteiger partial charge in [-0.15, -0.1) is 0 Å². The van der Waals surface area contributed by atoms with Gasteiger partial charge < -0.3 is 9.64 Å². The highest BCUT2D eigenvalue weighted by atomic mass is 16.5. The van der Waals surface area contributed by atoms with Crippen LogP contribution in [0.2, 0.25) is 0 Å². The summed E-state index contributed by atoms with van der Waals surface area (Å²) in [6.07, 6.45) is 0. The molecule has 0 aliphatic rings. The number of carbonyl (C=O) groups excluding carboxylic acids is 1. The Bertz CT molecular complexity index is 871. The number of hydrogen-bond acceptors (Lipinski definition) is 5. The predicted octanol–water partition coefficient (Wildman–Crippen LogP) is 2.63. The highest BCUT2D eigenvalue weighted by Crippen LogP contribution is 2.18. The number of nitrogens with zero attached hydrogens (tertiary/aromatic N) is 4. The molecule has 6 heteroatoms. The molecule has 122 valence electrons. The Kier molecular flexibility index (Phi) is 6.11. The van der Waals surface area contributed by atoms with E-state index in [9.17, 15) is 4.79 Å². The Balaban J connectivity index is 2.13. The minimum Gasteiger partial charge on any atom is -0.489 e. The SMILES string of the molecule is N#CCN(CC#N)C(=O)c1cccc(OCc2ccccc2C#N)c1. The third-order valence-corrected chi connectivity index (χ3v) is 3.42. The van der Waals surface area contributed by atoms with E-state index in [1.165, 1.54) is 0 Å². The summed E-state index contributed by atoms with van der Waals surface area (Å²) in [5, 5.41) is 26.6. The molecule has 0 saturated heterocycles. The fourth-order valence-electron chi connectivity index (χ4n) is 2.19. The molecule has 0 aliphatic heterocycles. The second-order valence-corrected chi connectivity index (χ2v) is 5.06. The van der Waals surface area contributed by atoms with Crippen LogP contribution in [-0.4, -0.2) is 23.9 Å². The van der Waals surface area contributed by atoms with E-state index in [-0.39, 0.29) is 19.7 Å². The molecular weight excluding hydrogens is 316 g/mol. The van der Waals surface area contributed by atoms with Crippen molar-refractivity contribution in [2.75, 3.05) is 13.1 Å². The molecule has 0 unspecified atom stereocenters. The maximum atomic E-state index is 12.4. The maximum absolute atomic E-state index is 12.4. The topological polar surface area (TPSA) is 101 Å². The molecular formula is C19H14N4O2. The van der Waals surface area contributed by atoms with Crippen LogP contribution in [0.25, 0.3) is 0 Å². The summed E-state index contributed by atoms with van der Waals surface area (Å²) in [6, 6.07) is 19.5. The molecule has 2 aromatic rings. The fourth-order valence-corrected chi connectivity index (χ4v) is 2.19. The summed E-state index contributed by atoms with van der Waals surface area (Å²) in [5.74, 6) is 0.0541. The third-order valence-electron chi connectivity index (χ3n) is 3.42. The van der Waals surface area contributed by atoms with Crippen LogP contribution in [0.1, 0.15) is 21.5 Å². The van der Waals surface area contributed by atoms with Crippen molar-refractivity contribution >= 4 is 5.91 Å². The van der Waals surface area contributed by atoms with Crippen molar-refractivity contribution in [3.05, 3.63) is 65.2 Å². The van der Waals surface area contributed by atoms with Crippen molar-refractivity contribution in [2.24, 2.45) is 0 Å². The van der Waals surface area contributed by atoms with Gasteiger partial charge in [0.2, 0.25) is 0 Å². The molecule has 0 heterocycles. The van der Waals surface area contributed by atoms with Crippen LogP contribution >= 0.6 is 0 Å². The van der Waals surface area contributed by atoms with Crippen molar-refractivity contribution in [1.29, 1.82) is 15.8 Å². The van der Waals surface area contributed by atoms with Gasteiger partial charge in [0, 0.05) is 11.1 Å². The first-order chi connectivity index (χ1) is 12.2. The molecule has 25 heavy (non-hydrogen) atoms. The van der Waals surface area contributed by atoms with E-state index in [2.05, 4.69) is 6.07 Å². The van der Waals surface area contributed by atoms with E-state index in [0.717, 1.165) is 10.5 Å². The minimum absolute atomic E-state index is 0.160. The standard InChI is InChI=1S/C19H14N4O2/c20-8-10-23(11-9-21)19(24)15-6-3-7-18(12-15)25-14-17-5-2-1-4-16(17)13-22/h1-7,12H,10-11,14H2. The van der Waals surface area contributed by atoms with Crippen LogP contribution in [0.15, 0.2) is 48.5 Å². The lowest BCUT2D eigenvalue weighted by Gasteiger charge is -2.16. The van der Waals surface area contributed by atoms with Crippen LogP contribution in [-0.2, 0) is 6.61 Å². The molecule has 6 nitrogen and oxygen atoms in total. The summed E-state index contributed by atoms with van der Waals surface area (Å²) >= 11 is 0. The number of hydrogen-bond donors (Lipinski definition) is 0. The minimum atomic E-state index is -0.411. The molecule has 2 aromatic carbocycles. The summed E-state index contributed by atoms with van der Waals surface area (Å²) in [4.78, 5) is 13.5. The lowest BCUT2D eigenvalue weighted by Crippen LogP contribution is -2.31. The quantitative estimate of drug-likeness (QED) is 0.758. The first kappa shape index (κ1) is 17.5. The van der Waals surface area contributed by atoms with Gasteiger partial charge in [-0.3, -0.25) is 4.79 Å². The smallest absolute Gasteiger partial charge is 0.255 e. The molecule has 0 aliphatic carbocycles. The van der Waals surface area contributed by atoms with Gasteiger partial charge in [0.05, 0.1) is 23.8 Å². The summed E-state index contributed by atoms with van der Waals surface area (Å²) < 4.78 is 5.67. The first-order valence-corrected chi connectivity index (χ1v) is 7.43. The van der Waals surface area contributed by atoms with Crippen LogP contribution < -0.4 is 4.74 Å². The Labute approximate surface area is 145 Å². The van der Waals surface area contributed by atoms with Crippen molar-refractivity contribution < 1.29 is 9.53 Å². The molecule has 0 fully saturated rings. The predicted molar refractivity (Wildman–Crippen MR) is 89.1 cm³/mol. The number of carbonyl (C=O) groups is 1. The fraction of sp³-hybridized carbons (Fsp3) is 0.158. The summed E-state index contributed by atoms with van der Waals surface area (Å²) in [5.41, 5.74) is 1.61. The van der Waals surface area contributed by atoms with E-state index < -0.39 is 5.91 Å². The van der Waals surface area contributed by atoms with Gasteiger partial charge in [-0.25, -0.2) is 0 Å². The van der Waals surface area contributed by atoms with Gasteiger partial charge >= 0.3 is 0 Å². The molecule has 0 bridgehead atoms. The van der Waals surface area contributed by atoms with Gasteiger partial charge in [-0.2, -0.15) is 15.8 Å². The molecule has 2 rings (SSSR count). The maximum Gasteiger partial charge on any atom is 0.255 e. The van der Waals surface area contributed by atoms with E-state index in [1.807, 2.05) is 18.2 Å². The van der Waals surface area contributed by atoms with Crippen molar-refractivity contribution in [3.8, 4) is 24.0 Å². The zero-order valence-electron chi connectivity index (χ0n) is 13.3. The normalized spacial score (nSPS) is 9.32. The highest BCUT2D eigenvalue weighted by molar-refractivity contribution is 5.94. The van der Waals surface area contributed by atoms with E-state index in [0.29, 0.717) is 16.9 Å². The van der Waals surface area contributed by atoms with Crippen LogP contribution in [0, 0.1) is 34.0 Å².